The number of likely N-dealkylation sites (N-methyl/N-ethyl adjacent to an activating group) is 1. The first-order chi connectivity index (χ1) is 8.84. The molecule has 1 heterocycles. The summed E-state index contributed by atoms with van der Waals surface area (Å²) >= 11 is 0. The lowest BCUT2D eigenvalue weighted by Gasteiger charge is -2.31. The highest BCUT2D eigenvalue weighted by molar-refractivity contribution is 5.18. The van der Waals surface area contributed by atoms with Crippen LogP contribution in [0, 0.1) is 18.3 Å². The fourth-order valence-electron chi connectivity index (χ4n) is 2.27. The van der Waals surface area contributed by atoms with Gasteiger partial charge in [-0.1, -0.05) is 40.7 Å². The van der Waals surface area contributed by atoms with Crippen LogP contribution in [0.3, 0.4) is 0 Å². The summed E-state index contributed by atoms with van der Waals surface area (Å²) < 4.78 is 0. The highest BCUT2D eigenvalue weighted by Crippen LogP contribution is 2.29. The van der Waals surface area contributed by atoms with Crippen molar-refractivity contribution in [1.82, 2.24) is 10.3 Å². The molecule has 0 bridgehead atoms. The number of aryl methyl sites for hydroxylation is 1. The van der Waals surface area contributed by atoms with Gasteiger partial charge in [-0.05, 0) is 42.9 Å². The van der Waals surface area contributed by atoms with Crippen molar-refractivity contribution in [3.63, 3.8) is 0 Å². The normalized spacial score (nSPS) is 15.3. The summed E-state index contributed by atoms with van der Waals surface area (Å²) in [4.78, 5) is 4.53. The van der Waals surface area contributed by atoms with Crippen molar-refractivity contribution in [2.75, 3.05) is 6.54 Å². The average Bonchev–Trinajstić information content (AvgIpc) is 2.31. The zero-order chi connectivity index (χ0) is 14.5. The summed E-state index contributed by atoms with van der Waals surface area (Å²) in [6, 6.07) is 4.69. The Hall–Kier alpha value is -0.890. The number of rotatable bonds is 6. The second kappa shape index (κ2) is 7.04. The third-order valence-corrected chi connectivity index (χ3v) is 4.17. The summed E-state index contributed by atoms with van der Waals surface area (Å²) in [5.41, 5.74) is 2.90. The molecule has 0 aliphatic heterocycles. The molecule has 0 radical (unpaired) electrons. The van der Waals surface area contributed by atoms with Gasteiger partial charge in [0, 0.05) is 24.4 Å². The Labute approximate surface area is 119 Å². The van der Waals surface area contributed by atoms with Crippen LogP contribution in [0.2, 0.25) is 0 Å². The molecule has 2 nitrogen and oxygen atoms in total. The third kappa shape index (κ3) is 5.32. The van der Waals surface area contributed by atoms with Crippen molar-refractivity contribution in [2.24, 2.45) is 11.3 Å². The van der Waals surface area contributed by atoms with Gasteiger partial charge in [0.1, 0.15) is 0 Å². The van der Waals surface area contributed by atoms with Crippen molar-refractivity contribution in [3.8, 4) is 0 Å². The molecule has 0 saturated heterocycles. The maximum atomic E-state index is 4.53. The SMILES string of the molecule is CCNC(Cc1ncccc1C)CC(C)C(C)(C)C. The summed E-state index contributed by atoms with van der Waals surface area (Å²) in [5, 5.41) is 3.62. The summed E-state index contributed by atoms with van der Waals surface area (Å²) in [6.45, 7) is 14.7. The largest absolute Gasteiger partial charge is 0.314 e. The topological polar surface area (TPSA) is 24.9 Å². The van der Waals surface area contributed by atoms with Crippen LogP contribution in [-0.4, -0.2) is 17.6 Å². The Morgan fingerprint density at radius 1 is 1.32 bits per heavy atom. The zero-order valence-electron chi connectivity index (χ0n) is 13.5. The summed E-state index contributed by atoms with van der Waals surface area (Å²) in [7, 11) is 0. The van der Waals surface area contributed by atoms with Crippen molar-refractivity contribution in [1.29, 1.82) is 0 Å². The van der Waals surface area contributed by atoms with E-state index in [-0.39, 0.29) is 0 Å². The molecule has 19 heavy (non-hydrogen) atoms. The molecule has 1 rings (SSSR count). The van der Waals surface area contributed by atoms with Crippen LogP contribution < -0.4 is 5.32 Å². The molecule has 2 unspecified atom stereocenters. The van der Waals surface area contributed by atoms with Gasteiger partial charge in [-0.2, -0.15) is 0 Å². The predicted octanol–water partition coefficient (Wildman–Crippen LogP) is 3.98. The maximum Gasteiger partial charge on any atom is 0.0448 e. The lowest BCUT2D eigenvalue weighted by atomic mass is 9.78. The van der Waals surface area contributed by atoms with Gasteiger partial charge in [0.2, 0.25) is 0 Å². The number of hydrogen-bond donors (Lipinski definition) is 1. The standard InChI is InChI=1S/C17H30N2/c1-7-18-15(11-14(3)17(4,5)6)12-16-13(2)9-8-10-19-16/h8-10,14-15,18H,7,11-12H2,1-6H3. The van der Waals surface area contributed by atoms with E-state index in [1.165, 1.54) is 17.7 Å². The van der Waals surface area contributed by atoms with E-state index in [0.29, 0.717) is 17.4 Å². The van der Waals surface area contributed by atoms with E-state index in [1.54, 1.807) is 0 Å². The second-order valence-electron chi connectivity index (χ2n) is 6.73. The molecule has 0 saturated carbocycles. The first-order valence-corrected chi connectivity index (χ1v) is 7.48. The Kier molecular flexibility index (Phi) is 5.99. The van der Waals surface area contributed by atoms with Gasteiger partial charge in [0.25, 0.3) is 0 Å². The molecule has 1 aromatic heterocycles. The molecule has 2 heteroatoms. The van der Waals surface area contributed by atoms with E-state index in [9.17, 15) is 0 Å². The Morgan fingerprint density at radius 2 is 2.00 bits per heavy atom. The van der Waals surface area contributed by atoms with Crippen LogP contribution in [0.1, 0.15) is 52.3 Å². The summed E-state index contributed by atoms with van der Waals surface area (Å²) in [6.07, 6.45) is 4.13. The minimum atomic E-state index is 0.368. The number of hydrogen-bond acceptors (Lipinski definition) is 2. The van der Waals surface area contributed by atoms with Crippen molar-refractivity contribution < 1.29 is 0 Å². The lowest BCUT2D eigenvalue weighted by Crippen LogP contribution is -2.35. The van der Waals surface area contributed by atoms with E-state index >= 15 is 0 Å². The zero-order valence-corrected chi connectivity index (χ0v) is 13.5. The van der Waals surface area contributed by atoms with Crippen molar-refractivity contribution >= 4 is 0 Å². The monoisotopic (exact) mass is 262 g/mol. The van der Waals surface area contributed by atoms with Crippen LogP contribution >= 0.6 is 0 Å². The molecule has 1 aromatic rings. The van der Waals surface area contributed by atoms with E-state index in [1.807, 2.05) is 12.3 Å². The van der Waals surface area contributed by atoms with E-state index in [0.717, 1.165) is 13.0 Å². The minimum absolute atomic E-state index is 0.368. The van der Waals surface area contributed by atoms with Gasteiger partial charge in [-0.3, -0.25) is 4.98 Å². The lowest BCUT2D eigenvalue weighted by molar-refractivity contribution is 0.222. The molecule has 0 fully saturated rings. The van der Waals surface area contributed by atoms with Crippen LogP contribution in [0.5, 0.6) is 0 Å². The molecule has 0 aliphatic rings. The number of pyridine rings is 1. The Bertz CT molecular complexity index is 379. The molecular formula is C17H30N2. The van der Waals surface area contributed by atoms with Crippen LogP contribution in [-0.2, 0) is 6.42 Å². The fourth-order valence-corrected chi connectivity index (χ4v) is 2.27. The quantitative estimate of drug-likeness (QED) is 0.838. The highest BCUT2D eigenvalue weighted by atomic mass is 14.9. The average molecular weight is 262 g/mol. The molecule has 2 atom stereocenters. The molecule has 108 valence electrons. The predicted molar refractivity (Wildman–Crippen MR) is 83.4 cm³/mol. The second-order valence-corrected chi connectivity index (χ2v) is 6.73. The van der Waals surface area contributed by atoms with Gasteiger partial charge >= 0.3 is 0 Å². The van der Waals surface area contributed by atoms with E-state index in [2.05, 4.69) is 57.9 Å². The van der Waals surface area contributed by atoms with Crippen LogP contribution in [0.15, 0.2) is 18.3 Å². The van der Waals surface area contributed by atoms with Crippen LogP contribution in [0.4, 0.5) is 0 Å². The molecule has 1 N–H and O–H groups in total. The molecule has 0 aliphatic carbocycles. The smallest absolute Gasteiger partial charge is 0.0448 e. The summed E-state index contributed by atoms with van der Waals surface area (Å²) in [5.74, 6) is 0.695. The maximum absolute atomic E-state index is 4.53. The molecule has 0 aromatic carbocycles. The Balaban J connectivity index is 2.71. The Morgan fingerprint density at radius 3 is 2.53 bits per heavy atom. The van der Waals surface area contributed by atoms with Gasteiger partial charge in [0.05, 0.1) is 0 Å². The molecular weight excluding hydrogens is 232 g/mol. The van der Waals surface area contributed by atoms with Gasteiger partial charge < -0.3 is 5.32 Å². The van der Waals surface area contributed by atoms with Gasteiger partial charge in [-0.25, -0.2) is 0 Å². The van der Waals surface area contributed by atoms with Gasteiger partial charge in [-0.15, -0.1) is 0 Å². The third-order valence-electron chi connectivity index (χ3n) is 4.17. The van der Waals surface area contributed by atoms with E-state index in [4.69, 9.17) is 0 Å². The highest BCUT2D eigenvalue weighted by Gasteiger charge is 2.23. The minimum Gasteiger partial charge on any atom is -0.314 e. The number of nitrogens with zero attached hydrogens (tertiary/aromatic N) is 1. The fraction of sp³-hybridized carbons (Fsp3) is 0.706. The number of nitrogens with one attached hydrogen (secondary N) is 1. The van der Waals surface area contributed by atoms with Gasteiger partial charge in [0.15, 0.2) is 0 Å². The van der Waals surface area contributed by atoms with Crippen molar-refractivity contribution in [3.05, 3.63) is 29.6 Å². The molecule has 0 spiro atoms. The first kappa shape index (κ1) is 16.2. The van der Waals surface area contributed by atoms with E-state index < -0.39 is 0 Å². The molecule has 0 amide bonds. The number of aromatic nitrogens is 1. The first-order valence-electron chi connectivity index (χ1n) is 7.48. The van der Waals surface area contributed by atoms with Crippen LogP contribution in [0.25, 0.3) is 0 Å². The van der Waals surface area contributed by atoms with Crippen molar-refractivity contribution in [2.45, 2.75) is 60.4 Å².